The first-order chi connectivity index (χ1) is 12.6. The zero-order valence-electron chi connectivity index (χ0n) is 17.5. The monoisotopic (exact) mass is 362 g/mol. The minimum atomic E-state index is -0.685. The van der Waals surface area contributed by atoms with E-state index in [1.54, 1.807) is 0 Å². The fourth-order valence-corrected chi connectivity index (χ4v) is 2.92. The molecule has 2 atom stereocenters. The largest absolute Gasteiger partial charge is 0.481 e. The van der Waals surface area contributed by atoms with Crippen molar-refractivity contribution in [1.29, 1.82) is 0 Å². The molecule has 1 N–H and O–H groups in total. The highest BCUT2D eigenvalue weighted by Gasteiger charge is 2.09. The zero-order valence-corrected chi connectivity index (χ0v) is 17.5. The van der Waals surface area contributed by atoms with E-state index in [1.165, 1.54) is 32.1 Å². The molecule has 0 fully saturated rings. The van der Waals surface area contributed by atoms with Crippen molar-refractivity contribution >= 4 is 5.97 Å². The summed E-state index contributed by atoms with van der Waals surface area (Å²) in [5.74, 6) is 0.928. The number of unbranched alkanes of at least 4 members (excludes halogenated alkanes) is 5. The Morgan fingerprint density at radius 1 is 0.808 bits per heavy atom. The van der Waals surface area contributed by atoms with Crippen LogP contribution in [0, 0.1) is 11.8 Å². The van der Waals surface area contributed by atoms with Crippen LogP contribution in [0.2, 0.25) is 0 Å². The smallest absolute Gasteiger partial charge is 0.303 e. The van der Waals surface area contributed by atoms with Crippen molar-refractivity contribution in [2.24, 2.45) is 11.8 Å². The minimum absolute atomic E-state index is 0.302. The Labute approximate surface area is 162 Å². The van der Waals surface area contributed by atoms with Gasteiger partial charge in [0.15, 0.2) is 0 Å². The molecule has 0 aromatic rings. The molecule has 0 spiro atoms. The van der Waals surface area contributed by atoms with Crippen molar-refractivity contribution in [3.8, 4) is 0 Å². The molecule has 26 heavy (non-hydrogen) atoms. The predicted molar refractivity (Wildman–Crippen MR) is 114 cm³/mol. The van der Waals surface area contributed by atoms with Gasteiger partial charge in [-0.3, -0.25) is 4.79 Å². The standard InChI is InChI=1S/C24H42O2/c1-4-5-16-19-22(2)23(3)20-17-14-12-10-8-6-7-9-11-13-15-18-21-24(25)26/h7-10,14,17,22-23H,4-6,11-13,15-16,18-21H2,1-3H3,(H,25,26)/b9-7-,10-8-,17-14-. The first kappa shape index (κ1) is 24.7. The van der Waals surface area contributed by atoms with E-state index in [1.807, 2.05) is 0 Å². The maximum atomic E-state index is 10.4. The molecule has 0 radical (unpaired) electrons. The normalized spacial score (nSPS) is 14.6. The number of aliphatic carboxylic acids is 1. The van der Waals surface area contributed by atoms with Crippen molar-refractivity contribution in [3.63, 3.8) is 0 Å². The molecule has 0 aromatic carbocycles. The first-order valence-corrected chi connectivity index (χ1v) is 10.7. The lowest BCUT2D eigenvalue weighted by Gasteiger charge is -2.18. The zero-order chi connectivity index (χ0) is 19.5. The van der Waals surface area contributed by atoms with Gasteiger partial charge in [-0.2, -0.15) is 0 Å². The van der Waals surface area contributed by atoms with Gasteiger partial charge in [0, 0.05) is 6.42 Å². The average molecular weight is 363 g/mol. The number of carbonyl (C=O) groups is 1. The van der Waals surface area contributed by atoms with Gasteiger partial charge < -0.3 is 5.11 Å². The van der Waals surface area contributed by atoms with E-state index in [0.717, 1.165) is 50.4 Å². The van der Waals surface area contributed by atoms with Crippen molar-refractivity contribution < 1.29 is 9.90 Å². The van der Waals surface area contributed by atoms with E-state index in [-0.39, 0.29) is 0 Å². The fourth-order valence-electron chi connectivity index (χ4n) is 2.92. The Bertz CT molecular complexity index is 406. The molecule has 0 amide bonds. The fraction of sp³-hybridized carbons (Fsp3) is 0.708. The van der Waals surface area contributed by atoms with Crippen LogP contribution in [0.4, 0.5) is 0 Å². The SMILES string of the molecule is CCCCCC(C)C(C)C/C=C\C/C=C\C/C=C\CCCCCC(=O)O. The number of carboxylic acids is 1. The molecular formula is C24H42O2. The molecule has 0 aliphatic carbocycles. The second-order valence-electron chi connectivity index (χ2n) is 7.56. The molecule has 2 unspecified atom stereocenters. The van der Waals surface area contributed by atoms with Gasteiger partial charge in [0.25, 0.3) is 0 Å². The highest BCUT2D eigenvalue weighted by molar-refractivity contribution is 5.66. The van der Waals surface area contributed by atoms with Crippen molar-refractivity contribution in [3.05, 3.63) is 36.5 Å². The van der Waals surface area contributed by atoms with E-state index in [0.29, 0.717) is 6.42 Å². The number of carboxylic acid groups (broad SMARTS) is 1. The Morgan fingerprint density at radius 3 is 2.12 bits per heavy atom. The number of allylic oxidation sites excluding steroid dienone is 6. The number of hydrogen-bond donors (Lipinski definition) is 1. The van der Waals surface area contributed by atoms with Gasteiger partial charge in [-0.15, -0.1) is 0 Å². The van der Waals surface area contributed by atoms with Crippen LogP contribution in [0.3, 0.4) is 0 Å². The summed E-state index contributed by atoms with van der Waals surface area (Å²) in [6, 6.07) is 0. The van der Waals surface area contributed by atoms with Crippen LogP contribution in [0.15, 0.2) is 36.5 Å². The van der Waals surface area contributed by atoms with Gasteiger partial charge in [-0.05, 0) is 50.4 Å². The maximum Gasteiger partial charge on any atom is 0.303 e. The van der Waals surface area contributed by atoms with E-state index in [9.17, 15) is 4.79 Å². The van der Waals surface area contributed by atoms with Gasteiger partial charge >= 0.3 is 5.97 Å². The van der Waals surface area contributed by atoms with Crippen LogP contribution in [-0.4, -0.2) is 11.1 Å². The molecule has 0 aliphatic heterocycles. The summed E-state index contributed by atoms with van der Waals surface area (Å²) < 4.78 is 0. The van der Waals surface area contributed by atoms with Crippen LogP contribution in [0.5, 0.6) is 0 Å². The number of rotatable bonds is 17. The Hall–Kier alpha value is -1.31. The van der Waals surface area contributed by atoms with E-state index >= 15 is 0 Å². The van der Waals surface area contributed by atoms with Crippen LogP contribution in [-0.2, 0) is 4.79 Å². The summed E-state index contributed by atoms with van der Waals surface area (Å²) in [5, 5.41) is 8.56. The number of hydrogen-bond acceptors (Lipinski definition) is 1. The molecule has 0 rings (SSSR count). The lowest BCUT2D eigenvalue weighted by Crippen LogP contribution is -2.06. The molecule has 0 saturated heterocycles. The summed E-state index contributed by atoms with van der Waals surface area (Å²) in [7, 11) is 0. The molecule has 2 heteroatoms. The molecule has 0 heterocycles. The van der Waals surface area contributed by atoms with Gasteiger partial charge in [0.05, 0.1) is 0 Å². The first-order valence-electron chi connectivity index (χ1n) is 10.7. The summed E-state index contributed by atoms with van der Waals surface area (Å²) in [6.07, 6.45) is 26.4. The van der Waals surface area contributed by atoms with Gasteiger partial charge in [-0.1, -0.05) is 89.3 Å². The third-order valence-electron chi connectivity index (χ3n) is 5.05. The van der Waals surface area contributed by atoms with E-state index in [4.69, 9.17) is 5.11 Å². The minimum Gasteiger partial charge on any atom is -0.481 e. The lowest BCUT2D eigenvalue weighted by atomic mass is 9.88. The van der Waals surface area contributed by atoms with Gasteiger partial charge in [0.1, 0.15) is 0 Å². The molecular weight excluding hydrogens is 320 g/mol. The highest BCUT2D eigenvalue weighted by atomic mass is 16.4. The van der Waals surface area contributed by atoms with Crippen LogP contribution in [0.1, 0.15) is 97.8 Å². The van der Waals surface area contributed by atoms with Crippen molar-refractivity contribution in [2.45, 2.75) is 97.8 Å². The maximum absolute atomic E-state index is 10.4. The topological polar surface area (TPSA) is 37.3 Å². The van der Waals surface area contributed by atoms with Crippen LogP contribution in [0.25, 0.3) is 0 Å². The molecule has 0 aromatic heterocycles. The molecule has 0 saturated carbocycles. The quantitative estimate of drug-likeness (QED) is 0.212. The summed E-state index contributed by atoms with van der Waals surface area (Å²) >= 11 is 0. The third-order valence-corrected chi connectivity index (χ3v) is 5.05. The van der Waals surface area contributed by atoms with Crippen LogP contribution >= 0.6 is 0 Å². The van der Waals surface area contributed by atoms with E-state index < -0.39 is 5.97 Å². The van der Waals surface area contributed by atoms with E-state index in [2.05, 4.69) is 57.2 Å². The van der Waals surface area contributed by atoms with Gasteiger partial charge in [0.2, 0.25) is 0 Å². The third kappa shape index (κ3) is 17.5. The highest BCUT2D eigenvalue weighted by Crippen LogP contribution is 2.21. The molecule has 0 aliphatic rings. The summed E-state index contributed by atoms with van der Waals surface area (Å²) in [4.78, 5) is 10.4. The predicted octanol–water partition coefficient (Wildman–Crippen LogP) is 7.71. The van der Waals surface area contributed by atoms with Crippen LogP contribution < -0.4 is 0 Å². The second-order valence-corrected chi connectivity index (χ2v) is 7.56. The molecule has 0 bridgehead atoms. The molecule has 150 valence electrons. The molecule has 2 nitrogen and oxygen atoms in total. The summed E-state index contributed by atoms with van der Waals surface area (Å²) in [6.45, 7) is 7.04. The second kappa shape index (κ2) is 18.5. The lowest BCUT2D eigenvalue weighted by molar-refractivity contribution is -0.137. The summed E-state index contributed by atoms with van der Waals surface area (Å²) in [5.41, 5.74) is 0. The Balaban J connectivity index is 3.57. The Morgan fingerprint density at radius 2 is 1.46 bits per heavy atom. The van der Waals surface area contributed by atoms with Crippen molar-refractivity contribution in [1.82, 2.24) is 0 Å². The Kier molecular flexibility index (Phi) is 17.5. The van der Waals surface area contributed by atoms with Gasteiger partial charge in [-0.25, -0.2) is 0 Å². The average Bonchev–Trinajstić information content (AvgIpc) is 2.61. The van der Waals surface area contributed by atoms with Crippen molar-refractivity contribution in [2.75, 3.05) is 0 Å².